The van der Waals surface area contributed by atoms with Crippen LogP contribution in [0.2, 0.25) is 0 Å². The number of aromatic nitrogens is 2. The predicted octanol–water partition coefficient (Wildman–Crippen LogP) is 3.20. The second-order valence-electron chi connectivity index (χ2n) is 6.54. The zero-order valence-electron chi connectivity index (χ0n) is 14.3. The first kappa shape index (κ1) is 16.4. The molecule has 1 aromatic heterocycles. The van der Waals surface area contributed by atoms with Gasteiger partial charge in [-0.1, -0.05) is 37.3 Å². The Morgan fingerprint density at radius 1 is 1.29 bits per heavy atom. The summed E-state index contributed by atoms with van der Waals surface area (Å²) >= 11 is 0. The second-order valence-corrected chi connectivity index (χ2v) is 6.54. The molecular formula is C19H24N4O. The van der Waals surface area contributed by atoms with E-state index in [1.165, 1.54) is 6.42 Å². The third-order valence-electron chi connectivity index (χ3n) is 4.46. The first-order chi connectivity index (χ1) is 11.6. The van der Waals surface area contributed by atoms with Crippen LogP contribution in [0, 0.1) is 5.92 Å². The number of amides is 1. The summed E-state index contributed by atoms with van der Waals surface area (Å²) in [5, 5.41) is 3.00. The van der Waals surface area contributed by atoms with Crippen molar-refractivity contribution >= 4 is 11.9 Å². The monoisotopic (exact) mass is 324 g/mol. The van der Waals surface area contributed by atoms with E-state index in [9.17, 15) is 4.79 Å². The maximum absolute atomic E-state index is 12.5. The molecule has 24 heavy (non-hydrogen) atoms. The molecule has 126 valence electrons. The lowest BCUT2D eigenvalue weighted by Gasteiger charge is -2.30. The lowest BCUT2D eigenvalue weighted by Crippen LogP contribution is -2.36. The van der Waals surface area contributed by atoms with Crippen molar-refractivity contribution in [1.82, 2.24) is 15.3 Å². The summed E-state index contributed by atoms with van der Waals surface area (Å²) in [5.74, 6) is 1.12. The fourth-order valence-electron chi connectivity index (χ4n) is 3.09. The summed E-state index contributed by atoms with van der Waals surface area (Å²) < 4.78 is 0. The highest BCUT2D eigenvalue weighted by atomic mass is 16.1. The third-order valence-corrected chi connectivity index (χ3v) is 4.46. The molecule has 1 aliphatic heterocycles. The van der Waals surface area contributed by atoms with E-state index >= 15 is 0 Å². The highest BCUT2D eigenvalue weighted by Crippen LogP contribution is 2.20. The normalized spacial score (nSPS) is 18.9. The molecule has 2 aromatic rings. The average Bonchev–Trinajstić information content (AvgIpc) is 2.62. The van der Waals surface area contributed by atoms with Crippen molar-refractivity contribution in [2.45, 2.75) is 32.7 Å². The summed E-state index contributed by atoms with van der Waals surface area (Å²) in [6, 6.07) is 11.5. The Kier molecular flexibility index (Phi) is 5.08. The fraction of sp³-hybridized carbons (Fsp3) is 0.421. The zero-order valence-corrected chi connectivity index (χ0v) is 14.3. The van der Waals surface area contributed by atoms with Crippen LogP contribution in [0.25, 0.3) is 0 Å². The number of benzene rings is 1. The Bertz CT molecular complexity index is 689. The molecular weight excluding hydrogens is 300 g/mol. The molecule has 2 heterocycles. The van der Waals surface area contributed by atoms with E-state index in [1.54, 1.807) is 12.3 Å². The van der Waals surface area contributed by atoms with Crippen LogP contribution in [0.3, 0.4) is 0 Å². The van der Waals surface area contributed by atoms with Crippen LogP contribution in [0.5, 0.6) is 0 Å². The van der Waals surface area contributed by atoms with Gasteiger partial charge in [0.15, 0.2) is 0 Å². The van der Waals surface area contributed by atoms with Gasteiger partial charge < -0.3 is 10.2 Å². The zero-order chi connectivity index (χ0) is 16.9. The molecule has 3 rings (SSSR count). The third kappa shape index (κ3) is 3.91. The number of carbonyl (C=O) groups is 1. The number of hydrogen-bond acceptors (Lipinski definition) is 4. The first-order valence-electron chi connectivity index (χ1n) is 8.57. The van der Waals surface area contributed by atoms with Gasteiger partial charge in [0.2, 0.25) is 5.95 Å². The first-order valence-corrected chi connectivity index (χ1v) is 8.57. The molecule has 1 saturated heterocycles. The van der Waals surface area contributed by atoms with Crippen LogP contribution in [0.1, 0.15) is 48.8 Å². The number of piperidine rings is 1. The molecule has 0 radical (unpaired) electrons. The van der Waals surface area contributed by atoms with Gasteiger partial charge in [-0.3, -0.25) is 4.79 Å². The van der Waals surface area contributed by atoms with Crippen molar-refractivity contribution in [2.24, 2.45) is 5.92 Å². The standard InChI is InChI=1S/C19H24N4O/c1-14-7-6-12-23(13-14)19-20-11-10-17(22-19)18(24)21-15(2)16-8-4-3-5-9-16/h3-5,8-11,14-15H,6-7,12-13H2,1-2H3,(H,21,24). The van der Waals surface area contributed by atoms with E-state index in [2.05, 4.69) is 27.1 Å². The van der Waals surface area contributed by atoms with E-state index in [-0.39, 0.29) is 11.9 Å². The smallest absolute Gasteiger partial charge is 0.270 e. The summed E-state index contributed by atoms with van der Waals surface area (Å²) in [7, 11) is 0. The van der Waals surface area contributed by atoms with Crippen LogP contribution >= 0.6 is 0 Å². The molecule has 2 atom stereocenters. The Morgan fingerprint density at radius 2 is 2.08 bits per heavy atom. The van der Waals surface area contributed by atoms with Gasteiger partial charge in [-0.25, -0.2) is 9.97 Å². The highest BCUT2D eigenvalue weighted by molar-refractivity contribution is 5.92. The van der Waals surface area contributed by atoms with Gasteiger partial charge in [-0.05, 0) is 37.3 Å². The molecule has 2 unspecified atom stereocenters. The molecule has 0 spiro atoms. The predicted molar refractivity (Wildman–Crippen MR) is 95.0 cm³/mol. The number of carbonyl (C=O) groups excluding carboxylic acids is 1. The Labute approximate surface area is 143 Å². The molecule has 5 heteroatoms. The molecule has 0 aliphatic carbocycles. The topological polar surface area (TPSA) is 58.1 Å². The van der Waals surface area contributed by atoms with Crippen molar-refractivity contribution in [3.8, 4) is 0 Å². The lowest BCUT2D eigenvalue weighted by atomic mass is 10.0. The maximum atomic E-state index is 12.5. The summed E-state index contributed by atoms with van der Waals surface area (Å²) in [5.41, 5.74) is 1.49. The fourth-order valence-corrected chi connectivity index (χ4v) is 3.09. The quantitative estimate of drug-likeness (QED) is 0.938. The van der Waals surface area contributed by atoms with Gasteiger partial charge in [0.25, 0.3) is 5.91 Å². The van der Waals surface area contributed by atoms with Crippen LogP contribution in [-0.4, -0.2) is 29.0 Å². The Hall–Kier alpha value is -2.43. The number of rotatable bonds is 4. The summed E-state index contributed by atoms with van der Waals surface area (Å²) in [4.78, 5) is 23.5. The Balaban J connectivity index is 1.70. The summed E-state index contributed by atoms with van der Waals surface area (Å²) in [6.45, 7) is 6.12. The number of nitrogens with zero attached hydrogens (tertiary/aromatic N) is 3. The van der Waals surface area contributed by atoms with E-state index in [4.69, 9.17) is 0 Å². The van der Waals surface area contributed by atoms with Crippen LogP contribution in [-0.2, 0) is 0 Å². The van der Waals surface area contributed by atoms with Gasteiger partial charge in [-0.15, -0.1) is 0 Å². The van der Waals surface area contributed by atoms with Crippen LogP contribution in [0.4, 0.5) is 5.95 Å². The average molecular weight is 324 g/mol. The lowest BCUT2D eigenvalue weighted by molar-refractivity contribution is 0.0934. The maximum Gasteiger partial charge on any atom is 0.270 e. The van der Waals surface area contributed by atoms with Gasteiger partial charge >= 0.3 is 0 Å². The van der Waals surface area contributed by atoms with Crippen molar-refractivity contribution in [3.05, 3.63) is 53.9 Å². The van der Waals surface area contributed by atoms with Gasteiger partial charge in [0.05, 0.1) is 6.04 Å². The van der Waals surface area contributed by atoms with E-state index < -0.39 is 0 Å². The van der Waals surface area contributed by atoms with Crippen molar-refractivity contribution in [1.29, 1.82) is 0 Å². The molecule has 1 aliphatic rings. The minimum absolute atomic E-state index is 0.0628. The van der Waals surface area contributed by atoms with Crippen LogP contribution < -0.4 is 10.2 Å². The molecule has 1 N–H and O–H groups in total. The molecule has 1 amide bonds. The van der Waals surface area contributed by atoms with Gasteiger partial charge in [0, 0.05) is 19.3 Å². The highest BCUT2D eigenvalue weighted by Gasteiger charge is 2.20. The van der Waals surface area contributed by atoms with E-state index in [1.807, 2.05) is 37.3 Å². The summed E-state index contributed by atoms with van der Waals surface area (Å²) in [6.07, 6.45) is 4.06. The number of hydrogen-bond donors (Lipinski definition) is 1. The molecule has 1 aromatic carbocycles. The van der Waals surface area contributed by atoms with Crippen LogP contribution in [0.15, 0.2) is 42.6 Å². The number of nitrogens with one attached hydrogen (secondary N) is 1. The van der Waals surface area contributed by atoms with E-state index in [0.29, 0.717) is 17.6 Å². The number of anilines is 1. The molecule has 0 bridgehead atoms. The largest absolute Gasteiger partial charge is 0.344 e. The minimum atomic E-state index is -0.167. The molecule has 5 nitrogen and oxygen atoms in total. The van der Waals surface area contributed by atoms with Gasteiger partial charge in [0.1, 0.15) is 5.69 Å². The van der Waals surface area contributed by atoms with Gasteiger partial charge in [-0.2, -0.15) is 0 Å². The second kappa shape index (κ2) is 7.43. The van der Waals surface area contributed by atoms with Crippen molar-refractivity contribution in [3.63, 3.8) is 0 Å². The molecule has 1 fully saturated rings. The van der Waals surface area contributed by atoms with Crippen molar-refractivity contribution < 1.29 is 4.79 Å². The Morgan fingerprint density at radius 3 is 2.83 bits per heavy atom. The van der Waals surface area contributed by atoms with E-state index in [0.717, 1.165) is 25.1 Å². The molecule has 0 saturated carbocycles. The minimum Gasteiger partial charge on any atom is -0.344 e. The van der Waals surface area contributed by atoms with Crippen molar-refractivity contribution in [2.75, 3.05) is 18.0 Å². The SMILES string of the molecule is CC1CCCN(c2nccc(C(=O)NC(C)c3ccccc3)n2)C1.